The summed E-state index contributed by atoms with van der Waals surface area (Å²) in [6.07, 6.45) is -0.191. The van der Waals surface area contributed by atoms with Crippen LogP contribution in [0, 0.1) is 11.3 Å². The molecule has 0 unspecified atom stereocenters. The molecule has 5 nitrogen and oxygen atoms in total. The predicted octanol–water partition coefficient (Wildman–Crippen LogP) is 3.78. The zero-order valence-electron chi connectivity index (χ0n) is 12.5. The zero-order valence-corrected chi connectivity index (χ0v) is 14.0. The van der Waals surface area contributed by atoms with Crippen LogP contribution in [0.5, 0.6) is 0 Å². The molecule has 0 aliphatic heterocycles. The minimum absolute atomic E-state index is 0.191. The predicted molar refractivity (Wildman–Crippen MR) is 92.9 cm³/mol. The molecule has 0 radical (unpaired) electrons. The highest BCUT2D eigenvalue weighted by Gasteiger charge is 2.11. The maximum atomic E-state index is 12.3. The number of nitriles is 1. The fourth-order valence-corrected chi connectivity index (χ4v) is 2.34. The summed E-state index contributed by atoms with van der Waals surface area (Å²) in [4.78, 5) is 23.6. The van der Waals surface area contributed by atoms with Crippen molar-refractivity contribution in [1.29, 1.82) is 5.26 Å². The van der Waals surface area contributed by atoms with Gasteiger partial charge in [0, 0.05) is 17.3 Å². The first-order valence-electron chi connectivity index (χ1n) is 6.98. The molecular formula is C17H13Cl2N3O2. The molecule has 2 N–H and O–H groups in total. The van der Waals surface area contributed by atoms with Crippen molar-refractivity contribution in [3.8, 4) is 6.07 Å². The van der Waals surface area contributed by atoms with Gasteiger partial charge in [-0.05, 0) is 35.9 Å². The van der Waals surface area contributed by atoms with Gasteiger partial charge >= 0.3 is 0 Å². The molecule has 24 heavy (non-hydrogen) atoms. The zero-order chi connectivity index (χ0) is 17.5. The minimum Gasteiger partial charge on any atom is -0.351 e. The second-order valence-corrected chi connectivity index (χ2v) is 5.73. The lowest BCUT2D eigenvalue weighted by molar-refractivity contribution is -0.120. The molecule has 0 fully saturated rings. The Balaban J connectivity index is 2.06. The van der Waals surface area contributed by atoms with Crippen LogP contribution < -0.4 is 10.6 Å². The average Bonchev–Trinajstić information content (AvgIpc) is 2.56. The lowest BCUT2D eigenvalue weighted by Gasteiger charge is -2.09. The van der Waals surface area contributed by atoms with Crippen LogP contribution in [-0.4, -0.2) is 11.8 Å². The largest absolute Gasteiger partial charge is 0.351 e. The van der Waals surface area contributed by atoms with E-state index >= 15 is 0 Å². The lowest BCUT2D eigenvalue weighted by atomic mass is 10.1. The second kappa shape index (κ2) is 8.34. The molecule has 0 saturated carbocycles. The first-order chi connectivity index (χ1) is 11.5. The van der Waals surface area contributed by atoms with Crippen LogP contribution >= 0.6 is 23.2 Å². The number of carbonyl (C=O) groups excluding carboxylic acids is 2. The van der Waals surface area contributed by atoms with Crippen LogP contribution in [0.1, 0.15) is 22.3 Å². The van der Waals surface area contributed by atoms with Gasteiger partial charge < -0.3 is 10.6 Å². The Morgan fingerprint density at radius 3 is 2.67 bits per heavy atom. The Bertz CT molecular complexity index is 816. The number of nitrogens with one attached hydrogen (secondary N) is 2. The Hall–Kier alpha value is -2.55. The molecule has 2 rings (SSSR count). The molecule has 0 aliphatic carbocycles. The van der Waals surface area contributed by atoms with Crippen molar-refractivity contribution in [2.24, 2.45) is 0 Å². The van der Waals surface area contributed by atoms with Crippen molar-refractivity contribution < 1.29 is 9.59 Å². The third-order valence-corrected chi connectivity index (χ3v) is 3.65. The Kier molecular flexibility index (Phi) is 6.19. The molecule has 0 aliphatic rings. The van der Waals surface area contributed by atoms with Gasteiger partial charge in [-0.2, -0.15) is 5.26 Å². The summed E-state index contributed by atoms with van der Waals surface area (Å²) >= 11 is 11.9. The summed E-state index contributed by atoms with van der Waals surface area (Å²) in [6, 6.07) is 13.4. The molecule has 2 amide bonds. The molecule has 2 aromatic rings. The minimum atomic E-state index is -0.381. The SMILES string of the molecule is N#CCC(=O)NCc1cccc(NC(=O)c2cc(Cl)ccc2Cl)c1. The van der Waals surface area contributed by atoms with Crippen molar-refractivity contribution in [1.82, 2.24) is 5.32 Å². The molecule has 0 saturated heterocycles. The Labute approximate surface area is 149 Å². The quantitative estimate of drug-likeness (QED) is 0.849. The number of rotatable bonds is 5. The second-order valence-electron chi connectivity index (χ2n) is 4.89. The topological polar surface area (TPSA) is 82.0 Å². The van der Waals surface area contributed by atoms with Crippen molar-refractivity contribution >= 4 is 40.7 Å². The van der Waals surface area contributed by atoms with E-state index in [4.69, 9.17) is 28.5 Å². The van der Waals surface area contributed by atoms with Gasteiger partial charge in [-0.15, -0.1) is 0 Å². The van der Waals surface area contributed by atoms with Gasteiger partial charge in [-0.3, -0.25) is 9.59 Å². The van der Waals surface area contributed by atoms with Crippen molar-refractivity contribution in [2.45, 2.75) is 13.0 Å². The highest BCUT2D eigenvalue weighted by atomic mass is 35.5. The Morgan fingerprint density at radius 1 is 1.12 bits per heavy atom. The van der Waals surface area contributed by atoms with Gasteiger partial charge in [-0.25, -0.2) is 0 Å². The van der Waals surface area contributed by atoms with E-state index in [-0.39, 0.29) is 30.3 Å². The molecular weight excluding hydrogens is 349 g/mol. The third-order valence-electron chi connectivity index (χ3n) is 3.09. The standard InChI is InChI=1S/C17H13Cl2N3O2/c18-12-4-5-15(19)14(9-12)17(24)22-13-3-1-2-11(8-13)10-21-16(23)6-7-20/h1-5,8-9H,6,10H2,(H,21,23)(H,22,24). The molecule has 7 heteroatoms. The van der Waals surface area contributed by atoms with Gasteiger partial charge in [0.1, 0.15) is 6.42 Å². The van der Waals surface area contributed by atoms with E-state index in [2.05, 4.69) is 10.6 Å². The monoisotopic (exact) mass is 361 g/mol. The van der Waals surface area contributed by atoms with E-state index in [1.54, 1.807) is 42.5 Å². The summed E-state index contributed by atoms with van der Waals surface area (Å²) in [5.74, 6) is -0.731. The number of halogens is 2. The number of amides is 2. The van der Waals surface area contributed by atoms with Gasteiger partial charge in [0.05, 0.1) is 16.7 Å². The van der Waals surface area contributed by atoms with E-state index in [9.17, 15) is 9.59 Å². The molecule has 0 heterocycles. The summed E-state index contributed by atoms with van der Waals surface area (Å²) in [6.45, 7) is 0.266. The highest BCUT2D eigenvalue weighted by molar-refractivity contribution is 6.36. The summed E-state index contributed by atoms with van der Waals surface area (Å²) < 4.78 is 0. The molecule has 0 aromatic heterocycles. The van der Waals surface area contributed by atoms with Crippen LogP contribution in [0.15, 0.2) is 42.5 Å². The number of carbonyl (C=O) groups is 2. The van der Waals surface area contributed by atoms with E-state index in [0.717, 1.165) is 5.56 Å². The summed E-state index contributed by atoms with van der Waals surface area (Å²) in [5, 5.41) is 14.5. The van der Waals surface area contributed by atoms with Crippen LogP contribution in [0.2, 0.25) is 10.0 Å². The normalized spacial score (nSPS) is 9.88. The maximum absolute atomic E-state index is 12.3. The average molecular weight is 362 g/mol. The van der Waals surface area contributed by atoms with E-state index in [1.165, 1.54) is 6.07 Å². The smallest absolute Gasteiger partial charge is 0.257 e. The fraction of sp³-hybridized carbons (Fsp3) is 0.118. The van der Waals surface area contributed by atoms with E-state index in [0.29, 0.717) is 15.7 Å². The van der Waals surface area contributed by atoms with Crippen molar-refractivity contribution in [3.05, 3.63) is 63.6 Å². The first-order valence-corrected chi connectivity index (χ1v) is 7.74. The van der Waals surface area contributed by atoms with Crippen LogP contribution in [0.3, 0.4) is 0 Å². The number of hydrogen-bond acceptors (Lipinski definition) is 3. The lowest BCUT2D eigenvalue weighted by Crippen LogP contribution is -2.22. The summed E-state index contributed by atoms with van der Waals surface area (Å²) in [5.41, 5.74) is 1.62. The van der Waals surface area contributed by atoms with Gasteiger partial charge in [-0.1, -0.05) is 35.3 Å². The van der Waals surface area contributed by atoms with Crippen LogP contribution in [0.25, 0.3) is 0 Å². The van der Waals surface area contributed by atoms with E-state index < -0.39 is 0 Å². The van der Waals surface area contributed by atoms with Crippen molar-refractivity contribution in [3.63, 3.8) is 0 Å². The number of benzene rings is 2. The van der Waals surface area contributed by atoms with Crippen LogP contribution in [-0.2, 0) is 11.3 Å². The van der Waals surface area contributed by atoms with Gasteiger partial charge in [0.25, 0.3) is 5.91 Å². The molecule has 122 valence electrons. The number of nitrogens with zero attached hydrogens (tertiary/aromatic N) is 1. The Morgan fingerprint density at radius 2 is 1.92 bits per heavy atom. The van der Waals surface area contributed by atoms with E-state index in [1.807, 2.05) is 0 Å². The highest BCUT2D eigenvalue weighted by Crippen LogP contribution is 2.22. The van der Waals surface area contributed by atoms with Gasteiger partial charge in [0.15, 0.2) is 0 Å². The van der Waals surface area contributed by atoms with Crippen molar-refractivity contribution in [2.75, 3.05) is 5.32 Å². The fourth-order valence-electron chi connectivity index (χ4n) is 1.96. The van der Waals surface area contributed by atoms with Gasteiger partial charge in [0.2, 0.25) is 5.91 Å². The molecule has 0 bridgehead atoms. The summed E-state index contributed by atoms with van der Waals surface area (Å²) in [7, 11) is 0. The third kappa shape index (κ3) is 4.98. The maximum Gasteiger partial charge on any atom is 0.257 e. The first kappa shape index (κ1) is 17.8. The number of hydrogen-bond donors (Lipinski definition) is 2. The van der Waals surface area contributed by atoms with Crippen LogP contribution in [0.4, 0.5) is 5.69 Å². The molecule has 0 spiro atoms. The molecule has 0 atom stereocenters. The number of anilines is 1. The molecule has 2 aromatic carbocycles.